The lowest BCUT2D eigenvalue weighted by Crippen LogP contribution is -2.54. The van der Waals surface area contributed by atoms with Crippen molar-refractivity contribution in [2.24, 2.45) is 5.92 Å². The highest BCUT2D eigenvalue weighted by Gasteiger charge is 2.44. The summed E-state index contributed by atoms with van der Waals surface area (Å²) < 4.78 is 0. The number of likely N-dealkylation sites (tertiary alicyclic amines) is 2. The van der Waals surface area contributed by atoms with Crippen molar-refractivity contribution in [2.45, 2.75) is 56.9 Å². The van der Waals surface area contributed by atoms with Gasteiger partial charge in [-0.25, -0.2) is 0 Å². The zero-order valence-corrected chi connectivity index (χ0v) is 14.6. The van der Waals surface area contributed by atoms with Gasteiger partial charge >= 0.3 is 0 Å². The third-order valence-electron chi connectivity index (χ3n) is 6.55. The van der Waals surface area contributed by atoms with Gasteiger partial charge in [-0.05, 0) is 63.1 Å². The van der Waals surface area contributed by atoms with Crippen LogP contribution in [0.3, 0.4) is 0 Å². The summed E-state index contributed by atoms with van der Waals surface area (Å²) in [6.07, 6.45) is 11.5. The molecule has 1 spiro atoms. The molecule has 1 aromatic heterocycles. The molecule has 24 heavy (non-hydrogen) atoms. The van der Waals surface area contributed by atoms with Gasteiger partial charge in [0.2, 0.25) is 5.91 Å². The normalized spacial score (nSPS) is 24.2. The van der Waals surface area contributed by atoms with Crippen molar-refractivity contribution in [3.05, 3.63) is 30.1 Å². The van der Waals surface area contributed by atoms with Crippen LogP contribution in [0.15, 0.2) is 24.4 Å². The molecule has 0 atom stereocenters. The zero-order chi connectivity index (χ0) is 16.4. The van der Waals surface area contributed by atoms with E-state index < -0.39 is 0 Å². The van der Waals surface area contributed by atoms with Gasteiger partial charge in [0.1, 0.15) is 0 Å². The first-order valence-electron chi connectivity index (χ1n) is 9.68. The Morgan fingerprint density at radius 3 is 2.62 bits per heavy atom. The molecule has 0 radical (unpaired) electrons. The van der Waals surface area contributed by atoms with Crippen LogP contribution in [0.2, 0.25) is 0 Å². The molecule has 0 unspecified atom stereocenters. The molecule has 0 bridgehead atoms. The van der Waals surface area contributed by atoms with E-state index in [0.717, 1.165) is 37.5 Å². The minimum atomic E-state index is 0.243. The molecule has 1 aromatic rings. The maximum Gasteiger partial charge on any atom is 0.228 e. The second-order valence-corrected chi connectivity index (χ2v) is 7.95. The minimum absolute atomic E-state index is 0.243. The van der Waals surface area contributed by atoms with Crippen LogP contribution in [0, 0.1) is 5.92 Å². The van der Waals surface area contributed by atoms with Crippen LogP contribution in [0.4, 0.5) is 0 Å². The summed E-state index contributed by atoms with van der Waals surface area (Å²) >= 11 is 0. The number of rotatable bonds is 4. The predicted molar refractivity (Wildman–Crippen MR) is 94.6 cm³/mol. The van der Waals surface area contributed by atoms with Crippen molar-refractivity contribution in [3.8, 4) is 0 Å². The van der Waals surface area contributed by atoms with E-state index in [9.17, 15) is 4.79 Å². The van der Waals surface area contributed by atoms with Gasteiger partial charge in [0.25, 0.3) is 0 Å². The van der Waals surface area contributed by atoms with Gasteiger partial charge < -0.3 is 4.90 Å². The van der Waals surface area contributed by atoms with Gasteiger partial charge in [-0.1, -0.05) is 12.5 Å². The minimum Gasteiger partial charge on any atom is -0.342 e. The van der Waals surface area contributed by atoms with Crippen LogP contribution in [0.5, 0.6) is 0 Å². The number of amides is 1. The third-order valence-corrected chi connectivity index (χ3v) is 6.55. The second-order valence-electron chi connectivity index (χ2n) is 7.95. The Morgan fingerprint density at radius 2 is 1.96 bits per heavy atom. The largest absolute Gasteiger partial charge is 0.342 e. The van der Waals surface area contributed by atoms with Crippen LogP contribution in [-0.4, -0.2) is 52.4 Å². The molecule has 130 valence electrons. The second kappa shape index (κ2) is 6.83. The first kappa shape index (κ1) is 16.1. The SMILES string of the molecule is O=C(Cc1ccccn1)N1CCC2(CCCN2CC2CCC2)CC1. The first-order valence-corrected chi connectivity index (χ1v) is 9.68. The summed E-state index contributed by atoms with van der Waals surface area (Å²) in [5, 5.41) is 0. The van der Waals surface area contributed by atoms with Gasteiger partial charge in [-0.15, -0.1) is 0 Å². The topological polar surface area (TPSA) is 36.4 Å². The molecule has 4 nitrogen and oxygen atoms in total. The standard InChI is InChI=1S/C20H29N3O/c24-19(15-18-7-1-2-11-21-18)22-13-9-20(10-14-22)8-4-12-23(20)16-17-5-3-6-17/h1-2,7,11,17H,3-6,8-10,12-16H2. The van der Waals surface area contributed by atoms with E-state index in [0.29, 0.717) is 12.0 Å². The van der Waals surface area contributed by atoms with E-state index in [2.05, 4.69) is 14.8 Å². The Hall–Kier alpha value is -1.42. The lowest BCUT2D eigenvalue weighted by molar-refractivity contribution is -0.133. The van der Waals surface area contributed by atoms with E-state index >= 15 is 0 Å². The summed E-state index contributed by atoms with van der Waals surface area (Å²) in [4.78, 5) is 21.7. The Kier molecular flexibility index (Phi) is 4.57. The number of pyridine rings is 1. The average Bonchev–Trinajstić information content (AvgIpc) is 2.94. The summed E-state index contributed by atoms with van der Waals surface area (Å²) in [7, 11) is 0. The van der Waals surface area contributed by atoms with Crippen molar-refractivity contribution in [1.82, 2.24) is 14.8 Å². The lowest BCUT2D eigenvalue weighted by atomic mass is 9.81. The molecule has 3 aliphatic rings. The summed E-state index contributed by atoms with van der Waals surface area (Å²) in [5.74, 6) is 1.19. The summed E-state index contributed by atoms with van der Waals surface area (Å²) in [6, 6.07) is 5.80. The van der Waals surface area contributed by atoms with Crippen molar-refractivity contribution in [1.29, 1.82) is 0 Å². The van der Waals surface area contributed by atoms with Crippen molar-refractivity contribution >= 4 is 5.91 Å². The van der Waals surface area contributed by atoms with Crippen LogP contribution >= 0.6 is 0 Å². The fourth-order valence-electron chi connectivity index (χ4n) is 4.77. The van der Waals surface area contributed by atoms with E-state index in [1.807, 2.05) is 18.2 Å². The maximum atomic E-state index is 12.6. The Balaban J connectivity index is 1.33. The highest BCUT2D eigenvalue weighted by atomic mass is 16.2. The van der Waals surface area contributed by atoms with E-state index in [-0.39, 0.29) is 5.91 Å². The number of hydrogen-bond donors (Lipinski definition) is 0. The molecule has 1 aliphatic carbocycles. The molecule has 1 saturated carbocycles. The molecule has 3 heterocycles. The molecule has 2 saturated heterocycles. The van der Waals surface area contributed by atoms with Crippen molar-refractivity contribution in [3.63, 3.8) is 0 Å². The van der Waals surface area contributed by atoms with Gasteiger partial charge in [0.05, 0.1) is 6.42 Å². The molecule has 4 rings (SSSR count). The molecular weight excluding hydrogens is 298 g/mol. The number of nitrogens with zero attached hydrogens (tertiary/aromatic N) is 3. The molecule has 0 aromatic carbocycles. The molecule has 2 aliphatic heterocycles. The van der Waals surface area contributed by atoms with E-state index in [4.69, 9.17) is 0 Å². The zero-order valence-electron chi connectivity index (χ0n) is 14.6. The van der Waals surface area contributed by atoms with Gasteiger partial charge in [-0.2, -0.15) is 0 Å². The molecule has 0 N–H and O–H groups in total. The monoisotopic (exact) mass is 327 g/mol. The quantitative estimate of drug-likeness (QED) is 0.853. The van der Waals surface area contributed by atoms with Gasteiger partial charge in [0.15, 0.2) is 0 Å². The van der Waals surface area contributed by atoms with Crippen LogP contribution in [-0.2, 0) is 11.2 Å². The average molecular weight is 327 g/mol. The maximum absolute atomic E-state index is 12.6. The van der Waals surface area contributed by atoms with Crippen LogP contribution < -0.4 is 0 Å². The van der Waals surface area contributed by atoms with Crippen molar-refractivity contribution in [2.75, 3.05) is 26.2 Å². The fourth-order valence-corrected chi connectivity index (χ4v) is 4.77. The van der Waals surface area contributed by atoms with Gasteiger partial charge in [0, 0.05) is 37.1 Å². The smallest absolute Gasteiger partial charge is 0.228 e. The van der Waals surface area contributed by atoms with Crippen LogP contribution in [0.25, 0.3) is 0 Å². The predicted octanol–water partition coefficient (Wildman–Crippen LogP) is 2.88. The highest BCUT2D eigenvalue weighted by molar-refractivity contribution is 5.78. The lowest BCUT2D eigenvalue weighted by Gasteiger charge is -2.47. The van der Waals surface area contributed by atoms with Crippen LogP contribution in [0.1, 0.15) is 50.6 Å². The Bertz CT molecular complexity index is 562. The number of piperidine rings is 1. The first-order chi connectivity index (χ1) is 11.8. The Labute approximate surface area is 145 Å². The number of carbonyl (C=O) groups excluding carboxylic acids is 1. The molecule has 4 heteroatoms. The molecule has 3 fully saturated rings. The summed E-state index contributed by atoms with van der Waals surface area (Å²) in [6.45, 7) is 4.43. The Morgan fingerprint density at radius 1 is 1.12 bits per heavy atom. The third kappa shape index (κ3) is 3.21. The fraction of sp³-hybridized carbons (Fsp3) is 0.700. The van der Waals surface area contributed by atoms with Gasteiger partial charge in [-0.3, -0.25) is 14.7 Å². The number of carbonyl (C=O) groups is 1. The molecular formula is C20H29N3O. The van der Waals surface area contributed by atoms with E-state index in [1.54, 1.807) is 6.20 Å². The van der Waals surface area contributed by atoms with E-state index in [1.165, 1.54) is 45.2 Å². The van der Waals surface area contributed by atoms with Crippen molar-refractivity contribution < 1.29 is 4.79 Å². The summed E-state index contributed by atoms with van der Waals surface area (Å²) in [5.41, 5.74) is 1.28. The number of aromatic nitrogens is 1. The molecule has 1 amide bonds. The number of hydrogen-bond acceptors (Lipinski definition) is 3. The highest BCUT2D eigenvalue weighted by Crippen LogP contribution is 2.40.